The van der Waals surface area contributed by atoms with Crippen LogP contribution in [-0.2, 0) is 13.1 Å². The standard InChI is InChI=1S/C25H22N4O2/c26-24(30)20-10-12-21(13-11-20)25(31)27-16-22-4-1-2-5-23(22)19-8-6-18(7-9-19)17-29-15-3-14-28-29/h1-15H,16-17H2,(H2,26,30)(H,27,31). The van der Waals surface area contributed by atoms with Crippen molar-refractivity contribution in [2.24, 2.45) is 5.73 Å². The Hall–Kier alpha value is -4.19. The average molecular weight is 410 g/mol. The minimum absolute atomic E-state index is 0.208. The van der Waals surface area contributed by atoms with Crippen molar-refractivity contribution in [3.05, 3.63) is 114 Å². The van der Waals surface area contributed by atoms with Gasteiger partial charge in [0.05, 0.1) is 6.54 Å². The molecule has 0 spiro atoms. The number of hydrogen-bond donors (Lipinski definition) is 2. The molecule has 154 valence electrons. The van der Waals surface area contributed by atoms with Gasteiger partial charge in [-0.3, -0.25) is 14.3 Å². The number of benzene rings is 3. The summed E-state index contributed by atoms with van der Waals surface area (Å²) in [5.41, 5.74) is 10.4. The first kappa shape index (κ1) is 20.1. The Morgan fingerprint density at radius 3 is 2.26 bits per heavy atom. The van der Waals surface area contributed by atoms with E-state index in [1.807, 2.05) is 41.2 Å². The number of nitrogens with one attached hydrogen (secondary N) is 1. The summed E-state index contributed by atoms with van der Waals surface area (Å²) >= 11 is 0. The van der Waals surface area contributed by atoms with Crippen LogP contribution in [0.5, 0.6) is 0 Å². The van der Waals surface area contributed by atoms with Crippen molar-refractivity contribution in [3.8, 4) is 11.1 Å². The number of amides is 2. The van der Waals surface area contributed by atoms with Crippen molar-refractivity contribution in [2.45, 2.75) is 13.1 Å². The molecule has 0 unspecified atom stereocenters. The zero-order valence-corrected chi connectivity index (χ0v) is 16.9. The molecule has 0 radical (unpaired) electrons. The van der Waals surface area contributed by atoms with Crippen molar-refractivity contribution >= 4 is 11.8 Å². The largest absolute Gasteiger partial charge is 0.366 e. The maximum Gasteiger partial charge on any atom is 0.251 e. The predicted octanol–water partition coefficient (Wildman–Crippen LogP) is 3.63. The molecule has 2 amide bonds. The lowest BCUT2D eigenvalue weighted by atomic mass is 9.98. The first-order valence-corrected chi connectivity index (χ1v) is 9.93. The fourth-order valence-electron chi connectivity index (χ4n) is 3.39. The van der Waals surface area contributed by atoms with Crippen LogP contribution in [0.25, 0.3) is 11.1 Å². The zero-order chi connectivity index (χ0) is 21.6. The molecule has 0 saturated heterocycles. The van der Waals surface area contributed by atoms with E-state index in [0.717, 1.165) is 28.8 Å². The van der Waals surface area contributed by atoms with E-state index in [4.69, 9.17) is 5.73 Å². The molecule has 0 aliphatic rings. The number of nitrogens with zero attached hydrogens (tertiary/aromatic N) is 2. The van der Waals surface area contributed by atoms with Crippen LogP contribution in [0.4, 0.5) is 0 Å². The molecule has 0 fully saturated rings. The van der Waals surface area contributed by atoms with E-state index in [-0.39, 0.29) is 5.91 Å². The highest BCUT2D eigenvalue weighted by molar-refractivity contribution is 5.97. The molecule has 6 nitrogen and oxygen atoms in total. The van der Waals surface area contributed by atoms with Crippen molar-refractivity contribution in [1.29, 1.82) is 0 Å². The van der Waals surface area contributed by atoms with E-state index < -0.39 is 5.91 Å². The summed E-state index contributed by atoms with van der Waals surface area (Å²) in [6.07, 6.45) is 3.71. The van der Waals surface area contributed by atoms with Crippen LogP contribution in [-0.4, -0.2) is 21.6 Å². The normalized spacial score (nSPS) is 10.6. The Labute approximate surface area is 180 Å². The summed E-state index contributed by atoms with van der Waals surface area (Å²) in [5.74, 6) is -0.725. The molecule has 3 aromatic carbocycles. The first-order chi connectivity index (χ1) is 15.1. The molecular weight excluding hydrogens is 388 g/mol. The number of carbonyl (C=O) groups excluding carboxylic acids is 2. The Morgan fingerprint density at radius 2 is 1.58 bits per heavy atom. The summed E-state index contributed by atoms with van der Waals surface area (Å²) in [6, 6.07) is 24.6. The van der Waals surface area contributed by atoms with Gasteiger partial charge < -0.3 is 11.1 Å². The van der Waals surface area contributed by atoms with Crippen LogP contribution in [0, 0.1) is 0 Å². The van der Waals surface area contributed by atoms with Gasteiger partial charge in [-0.2, -0.15) is 5.10 Å². The highest BCUT2D eigenvalue weighted by atomic mass is 16.2. The second kappa shape index (κ2) is 9.09. The van der Waals surface area contributed by atoms with Gasteiger partial charge in [-0.05, 0) is 52.6 Å². The Balaban J connectivity index is 1.45. The summed E-state index contributed by atoms with van der Waals surface area (Å²) in [4.78, 5) is 23.7. The van der Waals surface area contributed by atoms with E-state index in [0.29, 0.717) is 17.7 Å². The number of aromatic nitrogens is 2. The van der Waals surface area contributed by atoms with Crippen LogP contribution < -0.4 is 11.1 Å². The van der Waals surface area contributed by atoms with Gasteiger partial charge in [0.1, 0.15) is 0 Å². The molecule has 4 aromatic rings. The van der Waals surface area contributed by atoms with Gasteiger partial charge in [0.15, 0.2) is 0 Å². The van der Waals surface area contributed by atoms with Gasteiger partial charge in [-0.1, -0.05) is 48.5 Å². The van der Waals surface area contributed by atoms with E-state index in [1.54, 1.807) is 30.5 Å². The van der Waals surface area contributed by atoms with E-state index in [1.165, 1.54) is 0 Å². The molecule has 0 aliphatic carbocycles. The SMILES string of the molecule is NC(=O)c1ccc(C(=O)NCc2ccccc2-c2ccc(Cn3cccn3)cc2)cc1. The molecule has 1 aromatic heterocycles. The number of nitrogens with two attached hydrogens (primary N) is 1. The van der Waals surface area contributed by atoms with Crippen molar-refractivity contribution in [3.63, 3.8) is 0 Å². The van der Waals surface area contributed by atoms with Gasteiger partial charge >= 0.3 is 0 Å². The number of hydrogen-bond acceptors (Lipinski definition) is 3. The fraction of sp³-hybridized carbons (Fsp3) is 0.0800. The Bertz CT molecular complexity index is 1180. The van der Waals surface area contributed by atoms with Gasteiger partial charge in [0.25, 0.3) is 5.91 Å². The molecule has 0 saturated carbocycles. The summed E-state index contributed by atoms with van der Waals surface area (Å²) < 4.78 is 1.88. The van der Waals surface area contributed by atoms with Gasteiger partial charge in [0, 0.05) is 30.1 Å². The van der Waals surface area contributed by atoms with Crippen LogP contribution in [0.15, 0.2) is 91.3 Å². The quantitative estimate of drug-likeness (QED) is 0.488. The molecule has 4 rings (SSSR count). The van der Waals surface area contributed by atoms with Gasteiger partial charge in [0.2, 0.25) is 5.91 Å². The first-order valence-electron chi connectivity index (χ1n) is 9.93. The zero-order valence-electron chi connectivity index (χ0n) is 16.9. The van der Waals surface area contributed by atoms with Crippen molar-refractivity contribution < 1.29 is 9.59 Å². The summed E-state index contributed by atoms with van der Waals surface area (Å²) in [7, 11) is 0. The third-order valence-corrected chi connectivity index (χ3v) is 5.06. The van der Waals surface area contributed by atoms with Crippen molar-refractivity contribution in [2.75, 3.05) is 0 Å². The third-order valence-electron chi connectivity index (χ3n) is 5.06. The fourth-order valence-corrected chi connectivity index (χ4v) is 3.39. The van der Waals surface area contributed by atoms with E-state index in [9.17, 15) is 9.59 Å². The lowest BCUT2D eigenvalue weighted by Crippen LogP contribution is -2.23. The molecule has 6 heteroatoms. The van der Waals surface area contributed by atoms with Crippen LogP contribution in [0.3, 0.4) is 0 Å². The second-order valence-corrected chi connectivity index (χ2v) is 7.18. The summed E-state index contributed by atoms with van der Waals surface area (Å²) in [5, 5.41) is 7.19. The van der Waals surface area contributed by atoms with Crippen LogP contribution in [0.2, 0.25) is 0 Å². The highest BCUT2D eigenvalue weighted by Crippen LogP contribution is 2.24. The van der Waals surface area contributed by atoms with E-state index >= 15 is 0 Å². The third kappa shape index (κ3) is 4.87. The topological polar surface area (TPSA) is 90.0 Å². The molecule has 0 bridgehead atoms. The van der Waals surface area contributed by atoms with E-state index in [2.05, 4.69) is 34.7 Å². The monoisotopic (exact) mass is 410 g/mol. The number of carbonyl (C=O) groups is 2. The van der Waals surface area contributed by atoms with Crippen LogP contribution in [0.1, 0.15) is 31.8 Å². The number of primary amides is 1. The molecule has 3 N–H and O–H groups in total. The van der Waals surface area contributed by atoms with Crippen LogP contribution >= 0.6 is 0 Å². The Morgan fingerprint density at radius 1 is 0.871 bits per heavy atom. The lowest BCUT2D eigenvalue weighted by Gasteiger charge is -2.12. The molecular formula is C25H22N4O2. The highest BCUT2D eigenvalue weighted by Gasteiger charge is 2.10. The molecule has 31 heavy (non-hydrogen) atoms. The number of rotatable bonds is 7. The minimum Gasteiger partial charge on any atom is -0.366 e. The minimum atomic E-state index is -0.517. The Kier molecular flexibility index (Phi) is 5.89. The summed E-state index contributed by atoms with van der Waals surface area (Å²) in [6.45, 7) is 1.11. The molecule has 0 aliphatic heterocycles. The van der Waals surface area contributed by atoms with Gasteiger partial charge in [-0.15, -0.1) is 0 Å². The molecule has 0 atom stereocenters. The lowest BCUT2D eigenvalue weighted by molar-refractivity contribution is 0.0948. The maximum atomic E-state index is 12.5. The smallest absolute Gasteiger partial charge is 0.251 e. The predicted molar refractivity (Wildman–Crippen MR) is 119 cm³/mol. The maximum absolute atomic E-state index is 12.5. The second-order valence-electron chi connectivity index (χ2n) is 7.18. The van der Waals surface area contributed by atoms with Crippen molar-refractivity contribution in [1.82, 2.24) is 15.1 Å². The van der Waals surface area contributed by atoms with Gasteiger partial charge in [-0.25, -0.2) is 0 Å². The average Bonchev–Trinajstić information content (AvgIpc) is 3.31. The molecule has 1 heterocycles.